The van der Waals surface area contributed by atoms with Gasteiger partial charge in [-0.15, -0.1) is 11.6 Å². The highest BCUT2D eigenvalue weighted by Gasteiger charge is 2.66. The van der Waals surface area contributed by atoms with Crippen molar-refractivity contribution in [3.63, 3.8) is 0 Å². The van der Waals surface area contributed by atoms with Crippen LogP contribution in [0.3, 0.4) is 0 Å². The molecule has 9 atom stereocenters. The molecule has 0 aliphatic heterocycles. The van der Waals surface area contributed by atoms with Crippen LogP contribution in [0.25, 0.3) is 0 Å². The summed E-state index contributed by atoms with van der Waals surface area (Å²) in [5.41, 5.74) is -0.472. The minimum atomic E-state index is -0.661. The molecule has 0 spiro atoms. The summed E-state index contributed by atoms with van der Waals surface area (Å²) in [6, 6.07) is 0. The molecule has 3 saturated carbocycles. The van der Waals surface area contributed by atoms with Crippen molar-refractivity contribution < 1.29 is 24.2 Å². The van der Waals surface area contributed by atoms with Crippen molar-refractivity contribution in [2.75, 3.05) is 6.61 Å². The van der Waals surface area contributed by atoms with E-state index in [0.29, 0.717) is 12.8 Å². The van der Waals surface area contributed by atoms with E-state index in [1.807, 2.05) is 6.08 Å². The van der Waals surface area contributed by atoms with Crippen LogP contribution in [0.5, 0.6) is 0 Å². The van der Waals surface area contributed by atoms with Gasteiger partial charge in [-0.2, -0.15) is 0 Å². The predicted molar refractivity (Wildman–Crippen MR) is 126 cm³/mol. The van der Waals surface area contributed by atoms with Gasteiger partial charge in [-0.05, 0) is 75.4 Å². The summed E-state index contributed by atoms with van der Waals surface area (Å²) in [4.78, 5) is 37.6. The number of hydrogen-bond donors (Lipinski definition) is 1. The molecule has 0 heterocycles. The lowest BCUT2D eigenvalue weighted by atomic mass is 9.46. The van der Waals surface area contributed by atoms with Gasteiger partial charge in [-0.1, -0.05) is 32.4 Å². The molecule has 6 heteroatoms. The lowest BCUT2D eigenvalue weighted by Gasteiger charge is -2.60. The Hall–Kier alpha value is -1.46. The third kappa shape index (κ3) is 3.83. The highest BCUT2D eigenvalue weighted by atomic mass is 35.5. The molecule has 0 aromatic carbocycles. The van der Waals surface area contributed by atoms with Crippen molar-refractivity contribution in [2.24, 2.45) is 45.8 Å². The SMILES string of the molecule is CC1C[C@H]2[C@@H]3C(Cl)CC4=CC(=O)C=C[C@]4(C)[C@H]3C(O)C[C@]2(C)[C@H]1C(=O)COC(=O)C(C)(C)C. The fourth-order valence-electron chi connectivity index (χ4n) is 7.74. The largest absolute Gasteiger partial charge is 0.457 e. The van der Waals surface area contributed by atoms with Gasteiger partial charge in [0.15, 0.2) is 11.6 Å². The summed E-state index contributed by atoms with van der Waals surface area (Å²) in [5.74, 6) is -0.518. The number of ketones is 2. The molecule has 5 nitrogen and oxygen atoms in total. The monoisotopic (exact) mass is 476 g/mol. The quantitative estimate of drug-likeness (QED) is 0.479. The van der Waals surface area contributed by atoms with Crippen molar-refractivity contribution in [3.05, 3.63) is 23.8 Å². The molecule has 33 heavy (non-hydrogen) atoms. The van der Waals surface area contributed by atoms with Crippen molar-refractivity contribution >= 4 is 29.1 Å². The number of aliphatic hydroxyl groups excluding tert-OH is 1. The van der Waals surface area contributed by atoms with E-state index in [2.05, 4.69) is 20.8 Å². The molecule has 1 N–H and O–H groups in total. The number of esters is 1. The first-order valence-electron chi connectivity index (χ1n) is 12.2. The Bertz CT molecular complexity index is 929. The Morgan fingerprint density at radius 2 is 1.94 bits per heavy atom. The van der Waals surface area contributed by atoms with E-state index in [0.717, 1.165) is 12.0 Å². The van der Waals surface area contributed by atoms with E-state index in [1.165, 1.54) is 0 Å². The fourth-order valence-corrected chi connectivity index (χ4v) is 8.24. The second-order valence-corrected chi connectivity index (χ2v) is 12.9. The highest BCUT2D eigenvalue weighted by molar-refractivity contribution is 6.21. The highest BCUT2D eigenvalue weighted by Crippen LogP contribution is 2.67. The van der Waals surface area contributed by atoms with Crippen LogP contribution >= 0.6 is 11.6 Å². The summed E-state index contributed by atoms with van der Waals surface area (Å²) >= 11 is 7.00. The minimum absolute atomic E-state index is 0.0233. The zero-order valence-corrected chi connectivity index (χ0v) is 21.3. The van der Waals surface area contributed by atoms with Gasteiger partial charge < -0.3 is 9.84 Å². The molecule has 4 aliphatic carbocycles. The van der Waals surface area contributed by atoms with Crippen LogP contribution in [0.4, 0.5) is 0 Å². The number of carbonyl (C=O) groups is 3. The van der Waals surface area contributed by atoms with Crippen LogP contribution in [0, 0.1) is 45.8 Å². The molecule has 3 unspecified atom stereocenters. The average Bonchev–Trinajstić information content (AvgIpc) is 2.95. The molecule has 0 amide bonds. The lowest BCUT2D eigenvalue weighted by Crippen LogP contribution is -2.59. The van der Waals surface area contributed by atoms with Gasteiger partial charge in [0, 0.05) is 22.6 Å². The number of carbonyl (C=O) groups excluding carboxylic acids is 3. The van der Waals surface area contributed by atoms with Crippen LogP contribution in [0.15, 0.2) is 23.8 Å². The lowest BCUT2D eigenvalue weighted by molar-refractivity contribution is -0.160. The van der Waals surface area contributed by atoms with Crippen LogP contribution < -0.4 is 0 Å². The Morgan fingerprint density at radius 1 is 1.27 bits per heavy atom. The van der Waals surface area contributed by atoms with E-state index in [1.54, 1.807) is 32.9 Å². The predicted octanol–water partition coefficient (Wildman–Crippen LogP) is 4.50. The topological polar surface area (TPSA) is 80.7 Å². The first-order chi connectivity index (χ1) is 15.2. The maximum atomic E-state index is 13.4. The third-order valence-electron chi connectivity index (χ3n) is 9.13. The second kappa shape index (κ2) is 8.05. The number of ether oxygens (including phenoxy) is 1. The van der Waals surface area contributed by atoms with Crippen molar-refractivity contribution in [3.8, 4) is 0 Å². The van der Waals surface area contributed by atoms with Crippen molar-refractivity contribution in [2.45, 2.75) is 72.3 Å². The Labute approximate surface area is 202 Å². The van der Waals surface area contributed by atoms with Crippen LogP contribution in [0.1, 0.15) is 60.8 Å². The van der Waals surface area contributed by atoms with Gasteiger partial charge >= 0.3 is 5.97 Å². The fraction of sp³-hybridized carbons (Fsp3) is 0.741. The molecule has 0 bridgehead atoms. The smallest absolute Gasteiger partial charge is 0.311 e. The molecular formula is C27H37ClO5. The summed E-state index contributed by atoms with van der Waals surface area (Å²) in [7, 11) is 0. The molecule has 4 aliphatic rings. The number of halogens is 1. The van der Waals surface area contributed by atoms with E-state index in [9.17, 15) is 19.5 Å². The number of alkyl halides is 1. The van der Waals surface area contributed by atoms with Gasteiger partial charge in [-0.25, -0.2) is 0 Å². The molecule has 0 radical (unpaired) electrons. The Morgan fingerprint density at radius 3 is 2.58 bits per heavy atom. The number of aliphatic hydroxyl groups is 1. The summed E-state index contributed by atoms with van der Waals surface area (Å²) in [6.07, 6.45) is 6.61. The van der Waals surface area contributed by atoms with Gasteiger partial charge in [0.1, 0.15) is 6.61 Å². The number of allylic oxidation sites excluding steroid dienone is 4. The average molecular weight is 477 g/mol. The molecular weight excluding hydrogens is 440 g/mol. The van der Waals surface area contributed by atoms with Crippen LogP contribution in [0.2, 0.25) is 0 Å². The van der Waals surface area contributed by atoms with Gasteiger partial charge in [-0.3, -0.25) is 14.4 Å². The summed E-state index contributed by atoms with van der Waals surface area (Å²) < 4.78 is 5.38. The van der Waals surface area contributed by atoms with Crippen LogP contribution in [-0.4, -0.2) is 40.7 Å². The zero-order valence-electron chi connectivity index (χ0n) is 20.6. The third-order valence-corrected chi connectivity index (χ3v) is 9.57. The Kier molecular flexibility index (Phi) is 6.01. The van der Waals surface area contributed by atoms with Gasteiger partial charge in [0.2, 0.25) is 0 Å². The van der Waals surface area contributed by atoms with E-state index >= 15 is 0 Å². The summed E-state index contributed by atoms with van der Waals surface area (Å²) in [5, 5.41) is 11.3. The first-order valence-corrected chi connectivity index (χ1v) is 12.6. The van der Waals surface area contributed by atoms with Crippen molar-refractivity contribution in [1.82, 2.24) is 0 Å². The van der Waals surface area contributed by atoms with Crippen molar-refractivity contribution in [1.29, 1.82) is 0 Å². The Balaban J connectivity index is 1.63. The molecule has 0 aromatic rings. The molecule has 0 saturated heterocycles. The number of hydrogen-bond acceptors (Lipinski definition) is 5. The molecule has 3 fully saturated rings. The normalized spacial score (nSPS) is 44.4. The zero-order chi connectivity index (χ0) is 24.5. The van der Waals surface area contributed by atoms with Gasteiger partial charge in [0.05, 0.1) is 11.5 Å². The molecule has 0 aromatic heterocycles. The number of rotatable bonds is 3. The van der Waals surface area contributed by atoms with E-state index in [4.69, 9.17) is 16.3 Å². The van der Waals surface area contributed by atoms with E-state index in [-0.39, 0.29) is 59.1 Å². The van der Waals surface area contributed by atoms with Gasteiger partial charge in [0.25, 0.3) is 0 Å². The maximum absolute atomic E-state index is 13.4. The molecule has 4 rings (SSSR count). The van der Waals surface area contributed by atoms with E-state index < -0.39 is 22.3 Å². The number of fused-ring (bicyclic) bond motifs is 5. The molecule has 182 valence electrons. The van der Waals surface area contributed by atoms with Crippen LogP contribution in [-0.2, 0) is 19.1 Å². The maximum Gasteiger partial charge on any atom is 0.311 e. The standard InChI is InChI=1S/C27H37ClO5/c1-14-9-17-21-18(28)11-15-10-16(29)7-8-26(15,5)23(21)19(30)12-27(17,6)22(14)20(31)13-33-24(32)25(2,3)4/h7-8,10,14,17-19,21-23,30H,9,11-13H2,1-6H3/t14?,17-,18?,19?,21+,22+,23-,26-,27-/m0/s1. The first kappa shape index (κ1) is 24.7. The summed E-state index contributed by atoms with van der Waals surface area (Å²) in [6.45, 7) is 11.4. The second-order valence-electron chi connectivity index (χ2n) is 12.4. The minimum Gasteiger partial charge on any atom is -0.457 e. The number of Topliss-reactive ketones (excluding diaryl/α,β-unsaturated/α-hetero) is 1.